The molecule has 156 valence electrons. The van der Waals surface area contributed by atoms with Gasteiger partial charge in [0.15, 0.2) is 0 Å². The number of aromatic carboxylic acids is 1. The van der Waals surface area contributed by atoms with Crippen LogP contribution in [0.3, 0.4) is 0 Å². The Morgan fingerprint density at radius 3 is 2.55 bits per heavy atom. The molecule has 0 saturated heterocycles. The molecule has 1 heterocycles. The van der Waals surface area contributed by atoms with Crippen LogP contribution >= 0.6 is 55.2 Å². The molecule has 0 aliphatic carbocycles. The van der Waals surface area contributed by atoms with Crippen molar-refractivity contribution in [3.05, 3.63) is 96.4 Å². The molecule has 0 spiro atoms. The first kappa shape index (κ1) is 22.1. The number of carbonyl (C=O) groups is 1. The molecular formula is C22H13Br2ClN2O3S. The predicted molar refractivity (Wildman–Crippen MR) is 131 cm³/mol. The highest BCUT2D eigenvalue weighted by atomic mass is 79.9. The molecule has 4 rings (SSSR count). The first-order chi connectivity index (χ1) is 14.9. The van der Waals surface area contributed by atoms with Crippen LogP contribution in [0.1, 0.15) is 16.2 Å². The SMILES string of the molecule is O=C(O)c1ccccc1SCc1nc2c(Br)cc(Br)cc2c(=O)n1-c1ccccc1Cl. The van der Waals surface area contributed by atoms with Gasteiger partial charge in [-0.2, -0.15) is 0 Å². The lowest BCUT2D eigenvalue weighted by atomic mass is 10.2. The summed E-state index contributed by atoms with van der Waals surface area (Å²) in [6.45, 7) is 0. The standard InChI is InChI=1S/C22H13Br2ClN2O3S/c23-12-9-14-20(15(24)10-12)26-19(11-31-18-8-4-1-5-13(18)22(29)30)27(21(14)28)17-7-3-2-6-16(17)25/h1-10H,11H2,(H,29,30). The number of carboxylic acids is 1. The van der Waals surface area contributed by atoms with Crippen LogP contribution < -0.4 is 5.56 Å². The number of rotatable bonds is 5. The second-order valence-electron chi connectivity index (χ2n) is 6.49. The van der Waals surface area contributed by atoms with Gasteiger partial charge in [0.05, 0.1) is 32.9 Å². The van der Waals surface area contributed by atoms with E-state index in [1.807, 2.05) is 6.07 Å². The molecule has 0 radical (unpaired) electrons. The van der Waals surface area contributed by atoms with Crippen LogP contribution in [0.15, 0.2) is 79.3 Å². The monoisotopic (exact) mass is 578 g/mol. The number of thioether (sulfide) groups is 1. The molecule has 0 atom stereocenters. The van der Waals surface area contributed by atoms with E-state index in [4.69, 9.17) is 16.6 Å². The van der Waals surface area contributed by atoms with Crippen molar-refractivity contribution in [3.8, 4) is 5.69 Å². The summed E-state index contributed by atoms with van der Waals surface area (Å²) in [5, 5.41) is 10.3. The minimum Gasteiger partial charge on any atom is -0.478 e. The van der Waals surface area contributed by atoms with Gasteiger partial charge < -0.3 is 5.11 Å². The summed E-state index contributed by atoms with van der Waals surface area (Å²) in [5.41, 5.74) is 0.979. The van der Waals surface area contributed by atoms with Crippen LogP contribution in [0.25, 0.3) is 16.6 Å². The molecule has 1 aromatic heterocycles. The number of carboxylic acid groups (broad SMARTS) is 1. The molecule has 31 heavy (non-hydrogen) atoms. The van der Waals surface area contributed by atoms with Crippen LogP contribution in [-0.2, 0) is 5.75 Å². The molecule has 1 N–H and O–H groups in total. The molecule has 0 amide bonds. The third kappa shape index (κ3) is 4.43. The summed E-state index contributed by atoms with van der Waals surface area (Å²) in [5.74, 6) is -0.284. The fourth-order valence-electron chi connectivity index (χ4n) is 3.15. The van der Waals surface area contributed by atoms with E-state index in [0.29, 0.717) is 36.8 Å². The Hall–Kier alpha value is -2.13. The van der Waals surface area contributed by atoms with Gasteiger partial charge in [0.25, 0.3) is 5.56 Å². The van der Waals surface area contributed by atoms with E-state index < -0.39 is 5.97 Å². The molecule has 9 heteroatoms. The number of para-hydroxylation sites is 1. The van der Waals surface area contributed by atoms with Crippen LogP contribution in [-0.4, -0.2) is 20.6 Å². The fraction of sp³-hybridized carbons (Fsp3) is 0.0455. The second kappa shape index (κ2) is 9.16. The molecule has 4 aromatic rings. The second-order valence-corrected chi connectivity index (χ2v) is 9.69. The predicted octanol–water partition coefficient (Wildman–Crippen LogP) is 6.55. The van der Waals surface area contributed by atoms with Crippen LogP contribution in [0, 0.1) is 0 Å². The van der Waals surface area contributed by atoms with Gasteiger partial charge in [0.1, 0.15) is 5.82 Å². The van der Waals surface area contributed by atoms with Gasteiger partial charge >= 0.3 is 5.97 Å². The number of fused-ring (bicyclic) bond motifs is 1. The molecule has 0 aliphatic rings. The maximum atomic E-state index is 13.5. The van der Waals surface area contributed by atoms with Crippen molar-refractivity contribution in [2.75, 3.05) is 0 Å². The zero-order valence-corrected chi connectivity index (χ0v) is 20.4. The lowest BCUT2D eigenvalue weighted by Crippen LogP contribution is -2.24. The van der Waals surface area contributed by atoms with Crippen molar-refractivity contribution < 1.29 is 9.90 Å². The maximum Gasteiger partial charge on any atom is 0.336 e. The van der Waals surface area contributed by atoms with E-state index in [9.17, 15) is 14.7 Å². The average Bonchev–Trinajstić information content (AvgIpc) is 2.74. The Balaban J connectivity index is 1.92. The highest BCUT2D eigenvalue weighted by Crippen LogP contribution is 2.31. The summed E-state index contributed by atoms with van der Waals surface area (Å²) in [7, 11) is 0. The lowest BCUT2D eigenvalue weighted by molar-refractivity contribution is 0.0693. The van der Waals surface area contributed by atoms with E-state index in [2.05, 4.69) is 31.9 Å². The van der Waals surface area contributed by atoms with E-state index in [1.54, 1.807) is 54.6 Å². The van der Waals surface area contributed by atoms with Crippen molar-refractivity contribution in [2.24, 2.45) is 0 Å². The van der Waals surface area contributed by atoms with Gasteiger partial charge in [-0.05, 0) is 52.3 Å². The zero-order chi connectivity index (χ0) is 22.1. The van der Waals surface area contributed by atoms with Crippen molar-refractivity contribution in [2.45, 2.75) is 10.6 Å². The normalized spacial score (nSPS) is 11.1. The highest BCUT2D eigenvalue weighted by molar-refractivity contribution is 9.11. The summed E-state index contributed by atoms with van der Waals surface area (Å²) in [4.78, 5) is 30.4. The lowest BCUT2D eigenvalue weighted by Gasteiger charge is -2.16. The molecule has 0 bridgehead atoms. The molecule has 0 saturated carbocycles. The van der Waals surface area contributed by atoms with Gasteiger partial charge in [0, 0.05) is 13.8 Å². The Morgan fingerprint density at radius 2 is 1.81 bits per heavy atom. The minimum absolute atomic E-state index is 0.199. The number of hydrogen-bond donors (Lipinski definition) is 1. The molecule has 0 aliphatic heterocycles. The molecular weight excluding hydrogens is 568 g/mol. The molecule has 0 fully saturated rings. The molecule has 5 nitrogen and oxygen atoms in total. The average molecular weight is 581 g/mol. The van der Waals surface area contributed by atoms with Crippen LogP contribution in [0.5, 0.6) is 0 Å². The third-order valence-corrected chi connectivity index (χ3v) is 6.98. The fourth-order valence-corrected chi connectivity index (χ4v) is 5.65. The first-order valence-electron chi connectivity index (χ1n) is 8.97. The van der Waals surface area contributed by atoms with Crippen molar-refractivity contribution in [3.63, 3.8) is 0 Å². The Labute approximate surface area is 203 Å². The van der Waals surface area contributed by atoms with Crippen molar-refractivity contribution in [1.82, 2.24) is 9.55 Å². The van der Waals surface area contributed by atoms with Gasteiger partial charge in [-0.1, -0.05) is 51.8 Å². The summed E-state index contributed by atoms with van der Waals surface area (Å²) >= 11 is 14.6. The smallest absolute Gasteiger partial charge is 0.336 e. The summed E-state index contributed by atoms with van der Waals surface area (Å²) < 4.78 is 2.91. The number of aromatic nitrogens is 2. The van der Waals surface area contributed by atoms with Gasteiger partial charge in [-0.25, -0.2) is 9.78 Å². The van der Waals surface area contributed by atoms with Crippen LogP contribution in [0.2, 0.25) is 5.02 Å². The number of halogens is 3. The van der Waals surface area contributed by atoms with E-state index in [-0.39, 0.29) is 16.9 Å². The van der Waals surface area contributed by atoms with E-state index in [1.165, 1.54) is 16.3 Å². The first-order valence-corrected chi connectivity index (χ1v) is 11.9. The summed E-state index contributed by atoms with van der Waals surface area (Å²) in [6.07, 6.45) is 0. The number of hydrogen-bond acceptors (Lipinski definition) is 4. The van der Waals surface area contributed by atoms with Gasteiger partial charge in [-0.3, -0.25) is 9.36 Å². The topological polar surface area (TPSA) is 72.2 Å². The molecule has 0 unspecified atom stereocenters. The van der Waals surface area contributed by atoms with Crippen LogP contribution in [0.4, 0.5) is 0 Å². The zero-order valence-electron chi connectivity index (χ0n) is 15.7. The third-order valence-electron chi connectivity index (χ3n) is 4.53. The Bertz CT molecular complexity index is 1390. The minimum atomic E-state index is -1.01. The van der Waals surface area contributed by atoms with Crippen molar-refractivity contribution in [1.29, 1.82) is 0 Å². The van der Waals surface area contributed by atoms with E-state index in [0.717, 1.165) is 4.47 Å². The van der Waals surface area contributed by atoms with E-state index >= 15 is 0 Å². The maximum absolute atomic E-state index is 13.5. The summed E-state index contributed by atoms with van der Waals surface area (Å²) in [6, 6.07) is 17.3. The van der Waals surface area contributed by atoms with Gasteiger partial charge in [0.2, 0.25) is 0 Å². The Kier molecular flexibility index (Phi) is 6.52. The quantitative estimate of drug-likeness (QED) is 0.271. The van der Waals surface area contributed by atoms with Gasteiger partial charge in [-0.15, -0.1) is 11.8 Å². The number of benzene rings is 3. The Morgan fingerprint density at radius 1 is 1.10 bits per heavy atom. The number of nitrogens with zero attached hydrogens (tertiary/aromatic N) is 2. The highest BCUT2D eigenvalue weighted by Gasteiger charge is 2.18. The van der Waals surface area contributed by atoms with Crippen molar-refractivity contribution >= 4 is 72.1 Å². The molecule has 3 aromatic carbocycles. The largest absolute Gasteiger partial charge is 0.478 e.